The van der Waals surface area contributed by atoms with Crippen LogP contribution in [-0.2, 0) is 0 Å². The highest BCUT2D eigenvalue weighted by Crippen LogP contribution is 2.21. The van der Waals surface area contributed by atoms with Crippen LogP contribution in [0.2, 0.25) is 0 Å². The Kier molecular flexibility index (Phi) is 3.21. The number of aryl methyl sites for hydroxylation is 1. The van der Waals surface area contributed by atoms with E-state index in [0.717, 1.165) is 9.88 Å². The number of nitrogens with two attached hydrogens (primary N) is 2. The van der Waals surface area contributed by atoms with Crippen molar-refractivity contribution in [3.63, 3.8) is 0 Å². The molecule has 0 aliphatic heterocycles. The molecule has 72 valence electrons. The van der Waals surface area contributed by atoms with Crippen molar-refractivity contribution in [2.24, 2.45) is 16.6 Å². The van der Waals surface area contributed by atoms with E-state index >= 15 is 0 Å². The minimum atomic E-state index is -0.0465. The van der Waals surface area contributed by atoms with E-state index in [-0.39, 0.29) is 12.0 Å². The lowest BCUT2D eigenvalue weighted by atomic mass is 10.4. The Balaban J connectivity index is 2.74. The van der Waals surface area contributed by atoms with Crippen LogP contribution in [0.25, 0.3) is 0 Å². The van der Waals surface area contributed by atoms with Gasteiger partial charge in [0.05, 0.1) is 0 Å². The molecule has 0 saturated heterocycles. The van der Waals surface area contributed by atoms with Crippen LogP contribution in [0.15, 0.2) is 11.2 Å². The second-order valence-electron chi connectivity index (χ2n) is 2.64. The van der Waals surface area contributed by atoms with Gasteiger partial charge in [-0.05, 0) is 13.8 Å². The molecule has 0 fully saturated rings. The minimum absolute atomic E-state index is 0.0465. The van der Waals surface area contributed by atoms with Gasteiger partial charge < -0.3 is 5.73 Å². The topological polar surface area (TPSA) is 89.3 Å². The van der Waals surface area contributed by atoms with E-state index in [1.165, 1.54) is 0 Å². The second kappa shape index (κ2) is 4.20. The Hall–Kier alpha value is -1.14. The van der Waals surface area contributed by atoms with E-state index in [1.807, 2.05) is 20.0 Å². The normalized spacial score (nSPS) is 14.2. The molecule has 0 aliphatic carbocycles. The quantitative estimate of drug-likeness (QED) is 0.276. The van der Waals surface area contributed by atoms with Crippen LogP contribution in [0.1, 0.15) is 22.9 Å². The van der Waals surface area contributed by atoms with E-state index in [9.17, 15) is 0 Å². The van der Waals surface area contributed by atoms with Crippen LogP contribution in [0.5, 0.6) is 0 Å². The first-order chi connectivity index (χ1) is 6.13. The molecule has 0 amide bonds. The summed E-state index contributed by atoms with van der Waals surface area (Å²) in [5, 5.41) is 0.940. The zero-order valence-corrected chi connectivity index (χ0v) is 8.43. The smallest absolute Gasteiger partial charge is 0.203 e. The van der Waals surface area contributed by atoms with Crippen molar-refractivity contribution in [1.82, 2.24) is 10.4 Å². The molecule has 1 rings (SSSR count). The highest BCUT2D eigenvalue weighted by atomic mass is 32.1. The largest absolute Gasteiger partial charge is 0.369 e. The molecule has 1 aromatic heterocycles. The number of rotatable bonds is 2. The van der Waals surface area contributed by atoms with Gasteiger partial charge in [-0.3, -0.25) is 5.43 Å². The van der Waals surface area contributed by atoms with Crippen molar-refractivity contribution in [3.05, 3.63) is 16.1 Å². The lowest BCUT2D eigenvalue weighted by Gasteiger charge is -2.03. The maximum absolute atomic E-state index is 5.41. The predicted molar refractivity (Wildman–Crippen MR) is 54.2 cm³/mol. The van der Waals surface area contributed by atoms with Crippen LogP contribution in [-0.4, -0.2) is 10.9 Å². The van der Waals surface area contributed by atoms with Gasteiger partial charge in [0.25, 0.3) is 0 Å². The van der Waals surface area contributed by atoms with Crippen molar-refractivity contribution in [3.8, 4) is 0 Å². The highest BCUT2D eigenvalue weighted by molar-refractivity contribution is 7.11. The second-order valence-corrected chi connectivity index (χ2v) is 3.91. The SMILES string of the molecule is Cc1cnc(C(C)N=C(N)NN)s1. The zero-order valence-electron chi connectivity index (χ0n) is 7.61. The molecular weight excluding hydrogens is 186 g/mol. The average molecular weight is 199 g/mol. The Morgan fingerprint density at radius 1 is 1.77 bits per heavy atom. The number of nitrogens with zero attached hydrogens (tertiary/aromatic N) is 2. The molecule has 1 aromatic rings. The summed E-state index contributed by atoms with van der Waals surface area (Å²) in [5.41, 5.74) is 7.69. The van der Waals surface area contributed by atoms with Gasteiger partial charge in [0.1, 0.15) is 11.0 Å². The molecule has 0 aromatic carbocycles. The third-order valence-corrected chi connectivity index (χ3v) is 2.56. The Morgan fingerprint density at radius 3 is 2.92 bits per heavy atom. The Bertz CT molecular complexity index is 306. The summed E-state index contributed by atoms with van der Waals surface area (Å²) < 4.78 is 0. The lowest BCUT2D eigenvalue weighted by molar-refractivity contribution is 0.791. The summed E-state index contributed by atoms with van der Waals surface area (Å²) in [7, 11) is 0. The van der Waals surface area contributed by atoms with E-state index in [0.29, 0.717) is 0 Å². The number of thiazole rings is 1. The molecular formula is C7H13N5S. The molecule has 0 spiro atoms. The minimum Gasteiger partial charge on any atom is -0.369 e. The first-order valence-electron chi connectivity index (χ1n) is 3.85. The van der Waals surface area contributed by atoms with E-state index in [1.54, 1.807) is 11.3 Å². The fraction of sp³-hybridized carbons (Fsp3) is 0.429. The van der Waals surface area contributed by atoms with Gasteiger partial charge in [-0.25, -0.2) is 15.8 Å². The molecule has 5 N–H and O–H groups in total. The van der Waals surface area contributed by atoms with Crippen molar-refractivity contribution >= 4 is 17.3 Å². The molecule has 1 heterocycles. The number of aliphatic imine (C=N–C) groups is 1. The van der Waals surface area contributed by atoms with Crippen molar-refractivity contribution in [1.29, 1.82) is 0 Å². The lowest BCUT2D eigenvalue weighted by Crippen LogP contribution is -2.37. The molecule has 0 radical (unpaired) electrons. The maximum atomic E-state index is 5.41. The predicted octanol–water partition coefficient (Wildman–Crippen LogP) is 0.291. The summed E-state index contributed by atoms with van der Waals surface area (Å²) in [6.07, 6.45) is 1.82. The maximum Gasteiger partial charge on any atom is 0.203 e. The van der Waals surface area contributed by atoms with Crippen LogP contribution < -0.4 is 17.0 Å². The third-order valence-electron chi connectivity index (χ3n) is 1.48. The Labute approximate surface area is 80.8 Å². The number of guanidine groups is 1. The first kappa shape index (κ1) is 9.94. The Morgan fingerprint density at radius 2 is 2.46 bits per heavy atom. The van der Waals surface area contributed by atoms with Crippen molar-refractivity contribution < 1.29 is 0 Å². The number of hydrazine groups is 1. The summed E-state index contributed by atoms with van der Waals surface area (Å²) >= 11 is 1.61. The van der Waals surface area contributed by atoms with Gasteiger partial charge in [0, 0.05) is 11.1 Å². The molecule has 5 nitrogen and oxygen atoms in total. The molecule has 0 saturated carbocycles. The van der Waals surface area contributed by atoms with Gasteiger partial charge in [-0.15, -0.1) is 11.3 Å². The molecule has 1 atom stereocenters. The fourth-order valence-corrected chi connectivity index (χ4v) is 1.63. The van der Waals surface area contributed by atoms with Crippen LogP contribution >= 0.6 is 11.3 Å². The summed E-state index contributed by atoms with van der Waals surface area (Å²) in [4.78, 5) is 9.44. The molecule has 0 bridgehead atoms. The van der Waals surface area contributed by atoms with Gasteiger partial charge in [-0.2, -0.15) is 0 Å². The number of hydrogen-bond donors (Lipinski definition) is 3. The molecule has 6 heteroatoms. The summed E-state index contributed by atoms with van der Waals surface area (Å²) in [6.45, 7) is 3.92. The van der Waals surface area contributed by atoms with Gasteiger partial charge in [-0.1, -0.05) is 0 Å². The zero-order chi connectivity index (χ0) is 9.84. The number of nitrogens with one attached hydrogen (secondary N) is 1. The van der Waals surface area contributed by atoms with Gasteiger partial charge in [0.2, 0.25) is 5.96 Å². The average Bonchev–Trinajstić information content (AvgIpc) is 2.51. The van der Waals surface area contributed by atoms with E-state index in [2.05, 4.69) is 15.4 Å². The van der Waals surface area contributed by atoms with Crippen molar-refractivity contribution in [2.75, 3.05) is 0 Å². The fourth-order valence-electron chi connectivity index (χ4n) is 0.866. The first-order valence-corrected chi connectivity index (χ1v) is 4.67. The third kappa shape index (κ3) is 2.67. The molecule has 0 aliphatic rings. The summed E-state index contributed by atoms with van der Waals surface area (Å²) in [6, 6.07) is -0.0465. The van der Waals surface area contributed by atoms with Crippen LogP contribution in [0, 0.1) is 6.92 Å². The monoisotopic (exact) mass is 199 g/mol. The molecule has 1 unspecified atom stereocenters. The summed E-state index contributed by atoms with van der Waals surface area (Å²) in [5.74, 6) is 5.30. The molecule has 13 heavy (non-hydrogen) atoms. The van der Waals surface area contributed by atoms with Crippen molar-refractivity contribution in [2.45, 2.75) is 19.9 Å². The van der Waals surface area contributed by atoms with Crippen LogP contribution in [0.3, 0.4) is 0 Å². The highest BCUT2D eigenvalue weighted by Gasteiger charge is 2.07. The van der Waals surface area contributed by atoms with Gasteiger partial charge >= 0.3 is 0 Å². The van der Waals surface area contributed by atoms with Crippen LogP contribution in [0.4, 0.5) is 0 Å². The standard InChI is InChI=1S/C7H13N5S/c1-4-3-10-6(13-4)5(2)11-7(8)12-9/h3,5H,9H2,1-2H3,(H3,8,11,12). The van der Waals surface area contributed by atoms with E-state index in [4.69, 9.17) is 11.6 Å². The number of aromatic nitrogens is 1. The number of hydrogen-bond acceptors (Lipinski definition) is 4. The van der Waals surface area contributed by atoms with Gasteiger partial charge in [0.15, 0.2) is 0 Å². The van der Waals surface area contributed by atoms with E-state index < -0.39 is 0 Å².